The van der Waals surface area contributed by atoms with Gasteiger partial charge in [0.15, 0.2) is 5.75 Å². The number of fused-ring (bicyclic) bond motifs is 1. The zero-order valence-corrected chi connectivity index (χ0v) is 12.4. The Balaban J connectivity index is 1.90. The predicted molar refractivity (Wildman–Crippen MR) is 83.9 cm³/mol. The zero-order valence-electron chi connectivity index (χ0n) is 11.7. The first-order valence-electron chi connectivity index (χ1n) is 6.58. The molecule has 0 amide bonds. The van der Waals surface area contributed by atoms with Crippen molar-refractivity contribution in [2.45, 2.75) is 6.61 Å². The second kappa shape index (κ2) is 6.05. The van der Waals surface area contributed by atoms with Crippen LogP contribution in [-0.2, 0) is 6.61 Å². The number of para-hydroxylation sites is 2. The molecule has 0 atom stereocenters. The van der Waals surface area contributed by atoms with Crippen LogP contribution in [0.5, 0.6) is 5.75 Å². The third-order valence-electron chi connectivity index (χ3n) is 3.11. The summed E-state index contributed by atoms with van der Waals surface area (Å²) < 4.78 is 6.75. The highest BCUT2D eigenvalue weighted by atomic mass is 35.5. The molecule has 0 aliphatic carbocycles. The number of ether oxygens (including phenoxy) is 1. The SMILES string of the molecule is O=c1cc(COc2ccccc2[N+](=O)[O-])nc2ccc(Cl)cn12. The Morgan fingerprint density at radius 3 is 2.83 bits per heavy atom. The molecule has 0 fully saturated rings. The summed E-state index contributed by atoms with van der Waals surface area (Å²) >= 11 is 5.84. The number of rotatable bonds is 4. The number of nitro benzene ring substituents is 1. The molecular formula is C15H10ClN3O4. The Bertz CT molecular complexity index is 955. The Hall–Kier alpha value is -2.93. The van der Waals surface area contributed by atoms with Gasteiger partial charge in [0.25, 0.3) is 5.56 Å². The molecule has 3 aromatic rings. The third kappa shape index (κ3) is 3.14. The second-order valence-corrected chi connectivity index (χ2v) is 5.11. The molecule has 3 rings (SSSR count). The average Bonchev–Trinajstić information content (AvgIpc) is 2.54. The van der Waals surface area contributed by atoms with Crippen LogP contribution in [0.3, 0.4) is 0 Å². The number of halogens is 1. The van der Waals surface area contributed by atoms with Crippen LogP contribution in [-0.4, -0.2) is 14.3 Å². The highest BCUT2D eigenvalue weighted by molar-refractivity contribution is 6.30. The summed E-state index contributed by atoms with van der Waals surface area (Å²) in [5.41, 5.74) is 0.342. The lowest BCUT2D eigenvalue weighted by atomic mass is 10.3. The van der Waals surface area contributed by atoms with E-state index in [2.05, 4.69) is 4.98 Å². The first kappa shape index (κ1) is 15.0. The van der Waals surface area contributed by atoms with Crippen molar-refractivity contribution in [3.8, 4) is 5.75 Å². The van der Waals surface area contributed by atoms with Gasteiger partial charge < -0.3 is 4.74 Å². The van der Waals surface area contributed by atoms with Gasteiger partial charge in [0.05, 0.1) is 15.6 Å². The number of hydrogen-bond donors (Lipinski definition) is 0. The largest absolute Gasteiger partial charge is 0.480 e. The van der Waals surface area contributed by atoms with E-state index in [1.165, 1.54) is 28.8 Å². The first-order valence-corrected chi connectivity index (χ1v) is 6.96. The Morgan fingerprint density at radius 1 is 1.26 bits per heavy atom. The van der Waals surface area contributed by atoms with E-state index in [4.69, 9.17) is 16.3 Å². The van der Waals surface area contributed by atoms with Gasteiger partial charge in [0, 0.05) is 18.3 Å². The lowest BCUT2D eigenvalue weighted by Crippen LogP contribution is -2.16. The molecule has 0 spiro atoms. The van der Waals surface area contributed by atoms with Crippen molar-refractivity contribution in [2.75, 3.05) is 0 Å². The third-order valence-corrected chi connectivity index (χ3v) is 3.34. The van der Waals surface area contributed by atoms with E-state index in [0.717, 1.165) is 0 Å². The van der Waals surface area contributed by atoms with Gasteiger partial charge >= 0.3 is 5.69 Å². The maximum absolute atomic E-state index is 12.0. The van der Waals surface area contributed by atoms with Gasteiger partial charge in [-0.1, -0.05) is 23.7 Å². The fourth-order valence-corrected chi connectivity index (χ4v) is 2.24. The summed E-state index contributed by atoms with van der Waals surface area (Å²) in [5, 5.41) is 11.4. The van der Waals surface area contributed by atoms with E-state index < -0.39 is 4.92 Å². The molecular weight excluding hydrogens is 322 g/mol. The van der Waals surface area contributed by atoms with Crippen LogP contribution in [0.25, 0.3) is 5.65 Å². The zero-order chi connectivity index (χ0) is 16.4. The summed E-state index contributed by atoms with van der Waals surface area (Å²) in [6, 6.07) is 10.6. The summed E-state index contributed by atoms with van der Waals surface area (Å²) in [5.74, 6) is 0.121. The molecule has 1 aromatic carbocycles. The van der Waals surface area contributed by atoms with Crippen molar-refractivity contribution in [1.29, 1.82) is 0 Å². The number of nitro groups is 1. The summed E-state index contributed by atoms with van der Waals surface area (Å²) in [6.45, 7) is -0.0563. The van der Waals surface area contributed by atoms with Crippen molar-refractivity contribution in [3.63, 3.8) is 0 Å². The molecule has 0 saturated heterocycles. The standard InChI is InChI=1S/C15H10ClN3O4/c16-10-5-6-14-17-11(7-15(20)18(14)8-10)9-23-13-4-2-1-3-12(13)19(21)22/h1-8H,9H2. The molecule has 8 heteroatoms. The second-order valence-electron chi connectivity index (χ2n) is 4.67. The number of pyridine rings is 1. The van der Waals surface area contributed by atoms with Crippen molar-refractivity contribution in [3.05, 3.63) is 79.8 Å². The van der Waals surface area contributed by atoms with E-state index in [-0.39, 0.29) is 23.6 Å². The van der Waals surface area contributed by atoms with Crippen LogP contribution in [0.4, 0.5) is 5.69 Å². The van der Waals surface area contributed by atoms with E-state index in [9.17, 15) is 14.9 Å². The molecule has 2 heterocycles. The van der Waals surface area contributed by atoms with Crippen molar-refractivity contribution >= 4 is 22.9 Å². The molecule has 0 unspecified atom stereocenters. The Labute approximate surface area is 134 Å². The van der Waals surface area contributed by atoms with Gasteiger partial charge in [0.2, 0.25) is 0 Å². The molecule has 0 bridgehead atoms. The van der Waals surface area contributed by atoms with Crippen molar-refractivity contribution in [1.82, 2.24) is 9.38 Å². The summed E-state index contributed by atoms with van der Waals surface area (Å²) in [7, 11) is 0. The van der Waals surface area contributed by atoms with Crippen LogP contribution < -0.4 is 10.3 Å². The van der Waals surface area contributed by atoms with E-state index in [1.54, 1.807) is 24.3 Å². The first-order chi connectivity index (χ1) is 11.0. The number of benzene rings is 1. The molecule has 0 aliphatic rings. The van der Waals surface area contributed by atoms with Gasteiger partial charge in [0.1, 0.15) is 12.3 Å². The Morgan fingerprint density at radius 2 is 2.04 bits per heavy atom. The molecule has 0 radical (unpaired) electrons. The minimum atomic E-state index is -0.528. The monoisotopic (exact) mass is 331 g/mol. The van der Waals surface area contributed by atoms with Crippen LogP contribution in [0.1, 0.15) is 5.69 Å². The normalized spacial score (nSPS) is 10.7. The van der Waals surface area contributed by atoms with E-state index >= 15 is 0 Å². The lowest BCUT2D eigenvalue weighted by Gasteiger charge is -2.07. The molecule has 0 aliphatic heterocycles. The molecule has 2 aromatic heterocycles. The quantitative estimate of drug-likeness (QED) is 0.542. The maximum Gasteiger partial charge on any atom is 0.310 e. The highest BCUT2D eigenvalue weighted by Crippen LogP contribution is 2.26. The Kier molecular flexibility index (Phi) is 3.94. The van der Waals surface area contributed by atoms with Crippen molar-refractivity contribution in [2.24, 2.45) is 0 Å². The molecule has 0 saturated carbocycles. The maximum atomic E-state index is 12.0. The smallest absolute Gasteiger partial charge is 0.310 e. The van der Waals surface area contributed by atoms with Gasteiger partial charge in [-0.3, -0.25) is 19.3 Å². The van der Waals surface area contributed by atoms with Crippen LogP contribution in [0, 0.1) is 10.1 Å². The van der Waals surface area contributed by atoms with Gasteiger partial charge in [-0.25, -0.2) is 4.98 Å². The summed E-state index contributed by atoms with van der Waals surface area (Å²) in [4.78, 5) is 26.7. The molecule has 7 nitrogen and oxygen atoms in total. The number of aromatic nitrogens is 2. The number of hydrogen-bond acceptors (Lipinski definition) is 5. The molecule has 23 heavy (non-hydrogen) atoms. The summed E-state index contributed by atoms with van der Waals surface area (Å²) in [6.07, 6.45) is 1.47. The minimum Gasteiger partial charge on any atom is -0.480 e. The predicted octanol–water partition coefficient (Wildman–Crippen LogP) is 2.84. The fourth-order valence-electron chi connectivity index (χ4n) is 2.08. The van der Waals surface area contributed by atoms with Gasteiger partial charge in [-0.2, -0.15) is 0 Å². The van der Waals surface area contributed by atoms with Crippen LogP contribution in [0.2, 0.25) is 5.02 Å². The average molecular weight is 332 g/mol. The highest BCUT2D eigenvalue weighted by Gasteiger charge is 2.14. The lowest BCUT2D eigenvalue weighted by molar-refractivity contribution is -0.385. The van der Waals surface area contributed by atoms with Gasteiger partial charge in [-0.05, 0) is 18.2 Å². The van der Waals surface area contributed by atoms with E-state index in [0.29, 0.717) is 16.4 Å². The minimum absolute atomic E-state index is 0.0563. The fraction of sp³-hybridized carbons (Fsp3) is 0.0667. The van der Waals surface area contributed by atoms with Crippen LogP contribution >= 0.6 is 11.6 Å². The van der Waals surface area contributed by atoms with Crippen molar-refractivity contribution < 1.29 is 9.66 Å². The van der Waals surface area contributed by atoms with E-state index in [1.807, 2.05) is 0 Å². The number of nitrogens with zero attached hydrogens (tertiary/aromatic N) is 3. The van der Waals surface area contributed by atoms with Crippen LogP contribution in [0.15, 0.2) is 53.5 Å². The van der Waals surface area contributed by atoms with Gasteiger partial charge in [-0.15, -0.1) is 0 Å². The topological polar surface area (TPSA) is 86.7 Å². The molecule has 0 N–H and O–H groups in total. The molecule has 116 valence electrons.